The number of aliphatic imine (C=N–C) groups is 1. The molecular weight excluding hydrogens is 1100 g/mol. The van der Waals surface area contributed by atoms with Gasteiger partial charge >= 0.3 is 29.9 Å². The molecule has 84 heavy (non-hydrogen) atoms. The van der Waals surface area contributed by atoms with Gasteiger partial charge in [0.1, 0.15) is 53.4 Å². The normalized spacial score (nSPS) is 39.8. The molecule has 9 aliphatic rings. The Balaban J connectivity index is 0.000000295. The second kappa shape index (κ2) is 21.3. The van der Waals surface area contributed by atoms with E-state index in [1.54, 1.807) is 92.7 Å². The van der Waals surface area contributed by atoms with Gasteiger partial charge in [0.2, 0.25) is 0 Å². The van der Waals surface area contributed by atoms with Crippen LogP contribution in [-0.4, -0.2) is 196 Å². The molecule has 452 valence electrons. The fraction of sp³-hybridized carbons (Fsp3) is 0.534. The van der Waals surface area contributed by atoms with Gasteiger partial charge in [-0.2, -0.15) is 0 Å². The molecule has 3 aromatic carbocycles. The second-order valence-corrected chi connectivity index (χ2v) is 23.6. The Morgan fingerprint density at radius 1 is 0.833 bits per heavy atom. The largest absolute Gasteiger partial charge is 0.456 e. The zero-order valence-electron chi connectivity index (χ0n) is 46.4. The number of Topliss-reactive ketones (excluding diaryl/α,β-unsaturated/α-hetero) is 1. The first-order chi connectivity index (χ1) is 39.5. The maximum Gasteiger partial charge on any atom is 0.338 e. The molecule has 20 atom stereocenters. The highest BCUT2D eigenvalue weighted by atomic mass is 16.9. The standard InChI is InChI=1S/C47H51NO14.C11H17N3O8/c1-25-31(60-43(56)36(52)35(28-16-10-7-11-17-28)48-41(54)29-18-12-8-13-19-29)23-47(57)40(61-42(55)30-20-14-9-15-21-30)38-45(6,32(51)22-33-46(38,24-58-33)62-27(3)50)39(53)37(59-26(2)49)34(25)44(47,4)5;12-8-13-6(17)2-4-9(19,1-15)5-3(16)10(2,14-8)7(18)11(20,21-4)22-5/h7-21,31-33,35-38,40,51-52,57H,22-24H2,1-6H3,(H,48,54);2-7,15-20H,1H2,(H3,12,13,14)/t31-,32-,33+,35-,36+,37+,38-,40-,45+,46-,47+;2-,3+,4-,5+,6-,7+,9+,10-,11+/m01/s1. The summed E-state index contributed by atoms with van der Waals surface area (Å²) in [5.41, 5.74) is -5.28. The van der Waals surface area contributed by atoms with Crippen LogP contribution in [0.5, 0.6) is 0 Å². The number of hydrogen-bond donors (Lipinski definition) is 12. The fourth-order valence-corrected chi connectivity index (χ4v) is 14.4. The van der Waals surface area contributed by atoms with E-state index in [0.29, 0.717) is 5.56 Å². The van der Waals surface area contributed by atoms with E-state index in [1.165, 1.54) is 26.0 Å². The third kappa shape index (κ3) is 9.03. The Morgan fingerprint density at radius 2 is 1.43 bits per heavy atom. The number of aliphatic hydroxyl groups is 9. The number of esters is 4. The lowest BCUT2D eigenvalue weighted by atomic mass is 9.44. The fourth-order valence-electron chi connectivity index (χ4n) is 14.4. The summed E-state index contributed by atoms with van der Waals surface area (Å²) in [6, 6.07) is 22.9. The number of ether oxygens (including phenoxy) is 7. The third-order valence-corrected chi connectivity index (χ3v) is 18.7. The zero-order valence-corrected chi connectivity index (χ0v) is 46.4. The third-order valence-electron chi connectivity index (χ3n) is 18.7. The summed E-state index contributed by atoms with van der Waals surface area (Å²) in [7, 11) is 0. The molecule has 0 aromatic heterocycles. The second-order valence-electron chi connectivity index (χ2n) is 23.6. The van der Waals surface area contributed by atoms with Crippen molar-refractivity contribution in [3.8, 4) is 0 Å². The van der Waals surface area contributed by atoms with E-state index in [9.17, 15) is 69.9 Å². The average molecular weight is 1170 g/mol. The summed E-state index contributed by atoms with van der Waals surface area (Å²) in [5, 5.41) is 105. The molecule has 5 aliphatic heterocycles. The number of benzene rings is 3. The van der Waals surface area contributed by atoms with E-state index in [2.05, 4.69) is 15.6 Å². The highest BCUT2D eigenvalue weighted by Crippen LogP contribution is 2.65. The van der Waals surface area contributed by atoms with Gasteiger partial charge in [0, 0.05) is 37.7 Å². The Morgan fingerprint density at radius 3 is 2.00 bits per heavy atom. The van der Waals surface area contributed by atoms with Gasteiger partial charge in [-0.15, -0.1) is 0 Å². The van der Waals surface area contributed by atoms with Crippen LogP contribution in [0.1, 0.15) is 86.7 Å². The number of rotatable bonds is 11. The van der Waals surface area contributed by atoms with Crippen LogP contribution in [-0.2, 0) is 52.3 Å². The van der Waals surface area contributed by atoms with E-state index in [-0.39, 0.29) is 41.3 Å². The molecule has 4 saturated heterocycles. The Bertz CT molecular complexity index is 3170. The van der Waals surface area contributed by atoms with Crippen LogP contribution in [0, 0.1) is 22.7 Å². The van der Waals surface area contributed by atoms with Crippen LogP contribution in [0.15, 0.2) is 107 Å². The first-order valence-corrected chi connectivity index (χ1v) is 27.2. The predicted octanol–water partition coefficient (Wildman–Crippen LogP) is -1.78. The maximum absolute atomic E-state index is 15.5. The van der Waals surface area contributed by atoms with E-state index in [1.807, 2.05) is 0 Å². The van der Waals surface area contributed by atoms with Gasteiger partial charge in [-0.25, -0.2) is 14.6 Å². The number of aliphatic hydroxyl groups excluding tert-OH is 6. The van der Waals surface area contributed by atoms with Crippen molar-refractivity contribution in [2.75, 3.05) is 13.2 Å². The number of hydrogen-bond acceptors (Lipinski definition) is 25. The molecule has 1 amide bonds. The van der Waals surface area contributed by atoms with Crippen LogP contribution >= 0.6 is 0 Å². The minimum Gasteiger partial charge on any atom is -0.456 e. The maximum atomic E-state index is 15.5. The molecule has 3 aromatic rings. The van der Waals surface area contributed by atoms with Gasteiger partial charge in [-0.3, -0.25) is 19.2 Å². The van der Waals surface area contributed by atoms with Crippen molar-refractivity contribution in [1.29, 1.82) is 0 Å². The molecule has 0 unspecified atom stereocenters. The van der Waals surface area contributed by atoms with Crippen LogP contribution < -0.4 is 16.4 Å². The summed E-state index contributed by atoms with van der Waals surface area (Å²) < 4.78 is 40.5. The molecule has 5 heterocycles. The van der Waals surface area contributed by atoms with Crippen LogP contribution in [0.4, 0.5) is 0 Å². The van der Waals surface area contributed by atoms with Crippen molar-refractivity contribution in [2.24, 2.45) is 33.4 Å². The Kier molecular flexibility index (Phi) is 15.3. The Hall–Kier alpha value is -6.79. The first kappa shape index (κ1) is 60.3. The van der Waals surface area contributed by atoms with E-state index in [4.69, 9.17) is 38.9 Å². The van der Waals surface area contributed by atoms with E-state index >= 15 is 4.79 Å². The number of carbonyl (C=O) groups excluding carboxylic acids is 6. The van der Waals surface area contributed by atoms with Crippen molar-refractivity contribution in [2.45, 2.75) is 156 Å². The molecule has 7 fully saturated rings. The SMILES string of the molecule is CC(=O)O[C@H]1C(=O)[C@@]2(C)[C@H]([C@H](OC(=O)c3ccccc3)[C@]3(O)C[C@H](OC(=O)[C@H](O)[C@@H](NC(=O)c4ccccc4)c4ccccc4)C(C)=C1C3(C)C)[C@]1(OC(C)=O)CO[C@@H]1C[C@@H]2O.NC1=N[C@H](O)[C@H]2[C@H]3O[C@]4(O)O[C@@H]([C@H](O)[C@@]2(N1)[C@@H]4O)[C@]3(O)CO. The van der Waals surface area contributed by atoms with Crippen LogP contribution in [0.25, 0.3) is 0 Å². The topological polar surface area (TPSA) is 412 Å². The molecule has 26 nitrogen and oxygen atoms in total. The molecule has 4 aliphatic carbocycles. The van der Waals surface area contributed by atoms with Crippen LogP contribution in [0.3, 0.4) is 0 Å². The first-order valence-electron chi connectivity index (χ1n) is 27.2. The lowest BCUT2D eigenvalue weighted by Gasteiger charge is -2.71. The number of nitrogens with one attached hydrogen (secondary N) is 2. The van der Waals surface area contributed by atoms with Crippen molar-refractivity contribution < 1.29 is 108 Å². The molecule has 3 saturated carbocycles. The lowest BCUT2D eigenvalue weighted by molar-refractivity contribution is -0.548. The van der Waals surface area contributed by atoms with Crippen molar-refractivity contribution in [3.05, 3.63) is 119 Å². The average Bonchev–Trinajstić information content (AvgIpc) is 0.688. The van der Waals surface area contributed by atoms with Gasteiger partial charge in [-0.1, -0.05) is 80.6 Å². The Labute approximate surface area is 480 Å². The minimum atomic E-state index is -2.52. The van der Waals surface area contributed by atoms with Crippen molar-refractivity contribution in [1.82, 2.24) is 10.6 Å². The van der Waals surface area contributed by atoms with E-state index in [0.717, 1.165) is 13.8 Å². The summed E-state index contributed by atoms with van der Waals surface area (Å²) in [4.78, 5) is 87.2. The number of nitrogens with zero attached hydrogens (tertiary/aromatic N) is 1. The summed E-state index contributed by atoms with van der Waals surface area (Å²) >= 11 is 0. The summed E-state index contributed by atoms with van der Waals surface area (Å²) in [6.07, 6.45) is -18.3. The molecule has 13 N–H and O–H groups in total. The van der Waals surface area contributed by atoms with Gasteiger partial charge in [0.15, 0.2) is 41.9 Å². The number of guanidine groups is 1. The highest BCUT2D eigenvalue weighted by molar-refractivity contribution is 5.96. The van der Waals surface area contributed by atoms with Gasteiger partial charge < -0.3 is 95.5 Å². The predicted molar refractivity (Wildman–Crippen MR) is 283 cm³/mol. The van der Waals surface area contributed by atoms with Crippen LogP contribution in [0.2, 0.25) is 0 Å². The quantitative estimate of drug-likeness (QED) is 0.0573. The summed E-state index contributed by atoms with van der Waals surface area (Å²) in [5.74, 6) is -10.8. The molecule has 6 bridgehead atoms. The molecule has 12 rings (SSSR count). The monoisotopic (exact) mass is 1170 g/mol. The lowest BCUT2D eigenvalue weighted by Crippen LogP contribution is -2.95. The van der Waals surface area contributed by atoms with Gasteiger partial charge in [-0.05, 0) is 54.8 Å². The molecule has 0 radical (unpaired) electrons. The number of fused-ring (bicyclic) bond motifs is 5. The molecule has 26 heteroatoms. The molecule has 1 spiro atoms. The number of ketones is 1. The van der Waals surface area contributed by atoms with Gasteiger partial charge in [0.05, 0.1) is 48.2 Å². The minimum absolute atomic E-state index is 0.00289. The van der Waals surface area contributed by atoms with Crippen molar-refractivity contribution in [3.63, 3.8) is 0 Å². The van der Waals surface area contributed by atoms with Crippen molar-refractivity contribution >= 4 is 41.5 Å². The van der Waals surface area contributed by atoms with E-state index < -0.39 is 173 Å². The number of amides is 1. The molecular formula is C58H68N4O22. The number of nitrogens with two attached hydrogens (primary N) is 1. The number of carbonyl (C=O) groups is 6. The highest BCUT2D eigenvalue weighted by Gasteiger charge is 2.83. The smallest absolute Gasteiger partial charge is 0.338 e. The summed E-state index contributed by atoms with van der Waals surface area (Å²) in [6.45, 7) is 7.12. The van der Waals surface area contributed by atoms with Gasteiger partial charge in [0.25, 0.3) is 5.91 Å². The zero-order chi connectivity index (χ0) is 61.0.